The van der Waals surface area contributed by atoms with Crippen LogP contribution in [0.3, 0.4) is 0 Å². The Labute approximate surface area is 200 Å². The number of nitrogens with one attached hydrogen (secondary N) is 2. The first-order valence-corrected chi connectivity index (χ1v) is 11.6. The lowest BCUT2D eigenvalue weighted by atomic mass is 10.0. The second kappa shape index (κ2) is 9.04. The van der Waals surface area contributed by atoms with Gasteiger partial charge in [-0.15, -0.1) is 0 Å². The van der Waals surface area contributed by atoms with E-state index in [4.69, 9.17) is 0 Å². The van der Waals surface area contributed by atoms with Crippen LogP contribution >= 0.6 is 15.9 Å². The van der Waals surface area contributed by atoms with E-state index in [1.165, 1.54) is 10.8 Å². The first-order chi connectivity index (χ1) is 16.1. The highest BCUT2D eigenvalue weighted by Crippen LogP contribution is 2.30. The lowest BCUT2D eigenvalue weighted by Gasteiger charge is -2.14. The summed E-state index contributed by atoms with van der Waals surface area (Å²) in [6, 6.07) is 32.0. The summed E-state index contributed by atoms with van der Waals surface area (Å²) >= 11 is 3.44. The summed E-state index contributed by atoms with van der Waals surface area (Å²) in [5.74, 6) is -0.101. The lowest BCUT2D eigenvalue weighted by Crippen LogP contribution is -2.26. The fourth-order valence-electron chi connectivity index (χ4n) is 3.97. The predicted octanol–water partition coefficient (Wildman–Crippen LogP) is 7.15. The number of H-pyrrole nitrogens is 1. The Balaban J connectivity index is 1.33. The van der Waals surface area contributed by atoms with E-state index < -0.39 is 0 Å². The molecule has 5 rings (SSSR count). The van der Waals surface area contributed by atoms with Crippen molar-refractivity contribution < 1.29 is 4.79 Å². The van der Waals surface area contributed by atoms with Crippen molar-refractivity contribution in [2.45, 2.75) is 13.0 Å². The van der Waals surface area contributed by atoms with Crippen LogP contribution in [0, 0.1) is 0 Å². The quantitative estimate of drug-likeness (QED) is 0.272. The first kappa shape index (κ1) is 21.2. The van der Waals surface area contributed by atoms with Crippen LogP contribution in [0.5, 0.6) is 0 Å². The molecule has 1 heterocycles. The van der Waals surface area contributed by atoms with Gasteiger partial charge in [0.15, 0.2) is 0 Å². The van der Waals surface area contributed by atoms with Gasteiger partial charge in [-0.05, 0) is 53.6 Å². The van der Waals surface area contributed by atoms with Gasteiger partial charge >= 0.3 is 0 Å². The van der Waals surface area contributed by atoms with E-state index in [1.54, 1.807) is 0 Å². The highest BCUT2D eigenvalue weighted by molar-refractivity contribution is 9.10. The molecule has 0 saturated carbocycles. The molecule has 162 valence electrons. The van der Waals surface area contributed by atoms with E-state index in [2.05, 4.69) is 61.8 Å². The average Bonchev–Trinajstić information content (AvgIpc) is 3.34. The Morgan fingerprint density at radius 2 is 1.64 bits per heavy atom. The van der Waals surface area contributed by atoms with Crippen molar-refractivity contribution in [3.63, 3.8) is 0 Å². The Hall–Kier alpha value is -3.70. The second-order valence-corrected chi connectivity index (χ2v) is 8.93. The van der Waals surface area contributed by atoms with Gasteiger partial charge in [0.25, 0.3) is 5.91 Å². The highest BCUT2D eigenvalue weighted by Gasteiger charge is 2.13. The van der Waals surface area contributed by atoms with Crippen LogP contribution in [-0.4, -0.2) is 16.1 Å². The Morgan fingerprint density at radius 1 is 0.909 bits per heavy atom. The number of fused-ring (bicyclic) bond motifs is 1. The Morgan fingerprint density at radius 3 is 2.42 bits per heavy atom. The monoisotopic (exact) mass is 495 g/mol. The summed E-state index contributed by atoms with van der Waals surface area (Å²) in [6.45, 7) is 1.98. The van der Waals surface area contributed by atoms with Gasteiger partial charge in [0.2, 0.25) is 0 Å². The van der Waals surface area contributed by atoms with Gasteiger partial charge in [0.1, 0.15) is 0 Å². The topological polar surface area (TPSA) is 57.8 Å². The fourth-order valence-corrected chi connectivity index (χ4v) is 4.24. The minimum atomic E-state index is -0.101. The summed E-state index contributed by atoms with van der Waals surface area (Å²) < 4.78 is 1.02. The molecule has 0 radical (unpaired) electrons. The van der Waals surface area contributed by atoms with E-state index in [9.17, 15) is 4.79 Å². The molecule has 4 aromatic carbocycles. The van der Waals surface area contributed by atoms with Gasteiger partial charge in [-0.2, -0.15) is 5.10 Å². The fraction of sp³-hybridized carbons (Fsp3) is 0.0714. The molecule has 0 spiro atoms. The van der Waals surface area contributed by atoms with Crippen LogP contribution in [0.2, 0.25) is 0 Å². The summed E-state index contributed by atoms with van der Waals surface area (Å²) in [4.78, 5) is 12.7. The maximum Gasteiger partial charge on any atom is 0.251 e. The number of amides is 1. The molecule has 1 amide bonds. The predicted molar refractivity (Wildman–Crippen MR) is 137 cm³/mol. The maximum atomic E-state index is 12.7. The smallest absolute Gasteiger partial charge is 0.251 e. The van der Waals surface area contributed by atoms with Gasteiger partial charge in [-0.25, -0.2) is 0 Å². The van der Waals surface area contributed by atoms with Crippen molar-refractivity contribution in [2.24, 2.45) is 0 Å². The third-order valence-electron chi connectivity index (χ3n) is 5.82. The van der Waals surface area contributed by atoms with Crippen molar-refractivity contribution in [1.82, 2.24) is 15.5 Å². The number of aromatic amines is 1. The molecule has 0 aliphatic carbocycles. The third-order valence-corrected chi connectivity index (χ3v) is 6.35. The molecule has 0 aliphatic rings. The van der Waals surface area contributed by atoms with E-state index in [1.807, 2.05) is 73.7 Å². The van der Waals surface area contributed by atoms with Gasteiger partial charge in [0.05, 0.1) is 17.4 Å². The van der Waals surface area contributed by atoms with Gasteiger partial charge in [-0.3, -0.25) is 9.89 Å². The van der Waals surface area contributed by atoms with Gasteiger partial charge in [-0.1, -0.05) is 82.7 Å². The molecule has 4 nitrogen and oxygen atoms in total. The van der Waals surface area contributed by atoms with E-state index >= 15 is 0 Å². The van der Waals surface area contributed by atoms with Crippen LogP contribution < -0.4 is 5.32 Å². The molecule has 0 fully saturated rings. The highest BCUT2D eigenvalue weighted by atomic mass is 79.9. The van der Waals surface area contributed by atoms with Gasteiger partial charge < -0.3 is 5.32 Å². The van der Waals surface area contributed by atoms with Crippen LogP contribution in [-0.2, 0) is 0 Å². The van der Waals surface area contributed by atoms with E-state index in [0.717, 1.165) is 32.6 Å². The SMILES string of the molecule is C[C@@H](NC(=O)c1ccc(-c2cc(-c3cccc4ccccc34)[nH]n2)cc1)c1ccc(Br)cc1. The molecule has 5 heteroatoms. The van der Waals surface area contributed by atoms with Crippen molar-refractivity contribution in [2.75, 3.05) is 0 Å². The largest absolute Gasteiger partial charge is 0.346 e. The Bertz CT molecular complexity index is 1420. The number of halogens is 1. The lowest BCUT2D eigenvalue weighted by molar-refractivity contribution is 0.0940. The second-order valence-electron chi connectivity index (χ2n) is 8.02. The van der Waals surface area contributed by atoms with Crippen molar-refractivity contribution in [1.29, 1.82) is 0 Å². The zero-order chi connectivity index (χ0) is 22.8. The molecular formula is C28H22BrN3O. The molecular weight excluding hydrogens is 474 g/mol. The summed E-state index contributed by atoms with van der Waals surface area (Å²) in [7, 11) is 0. The van der Waals surface area contributed by atoms with Crippen LogP contribution in [0.25, 0.3) is 33.3 Å². The molecule has 1 aromatic heterocycles. The molecule has 0 unspecified atom stereocenters. The van der Waals surface area contributed by atoms with Crippen LogP contribution in [0.4, 0.5) is 0 Å². The molecule has 2 N–H and O–H groups in total. The molecule has 0 bridgehead atoms. The summed E-state index contributed by atoms with van der Waals surface area (Å²) in [5, 5.41) is 13.1. The van der Waals surface area contributed by atoms with E-state index in [-0.39, 0.29) is 11.9 Å². The normalized spacial score (nSPS) is 11.9. The summed E-state index contributed by atoms with van der Waals surface area (Å²) in [6.07, 6.45) is 0. The molecule has 5 aromatic rings. The zero-order valence-corrected chi connectivity index (χ0v) is 19.6. The summed E-state index contributed by atoms with van der Waals surface area (Å²) in [5.41, 5.74) is 5.55. The number of carbonyl (C=O) groups excluding carboxylic acids is 1. The zero-order valence-electron chi connectivity index (χ0n) is 18.0. The number of nitrogens with zero attached hydrogens (tertiary/aromatic N) is 1. The number of benzene rings is 4. The first-order valence-electron chi connectivity index (χ1n) is 10.8. The Kier molecular flexibility index (Phi) is 5.80. The molecule has 1 atom stereocenters. The molecule has 33 heavy (non-hydrogen) atoms. The number of carbonyl (C=O) groups is 1. The maximum absolute atomic E-state index is 12.7. The number of aromatic nitrogens is 2. The molecule has 0 saturated heterocycles. The van der Waals surface area contributed by atoms with Gasteiger partial charge in [0, 0.05) is 21.2 Å². The van der Waals surface area contributed by atoms with Crippen LogP contribution in [0.15, 0.2) is 102 Å². The molecule has 0 aliphatic heterocycles. The van der Waals surface area contributed by atoms with Crippen LogP contribution in [0.1, 0.15) is 28.9 Å². The number of hydrogen-bond acceptors (Lipinski definition) is 2. The number of hydrogen-bond donors (Lipinski definition) is 2. The van der Waals surface area contributed by atoms with E-state index in [0.29, 0.717) is 5.56 Å². The third kappa shape index (κ3) is 4.45. The van der Waals surface area contributed by atoms with Crippen molar-refractivity contribution in [3.8, 4) is 22.5 Å². The number of rotatable bonds is 5. The average molecular weight is 496 g/mol. The van der Waals surface area contributed by atoms with Crippen molar-refractivity contribution >= 4 is 32.6 Å². The van der Waals surface area contributed by atoms with Crippen molar-refractivity contribution in [3.05, 3.63) is 113 Å². The minimum Gasteiger partial charge on any atom is -0.346 e. The minimum absolute atomic E-state index is 0.0835. The standard InChI is InChI=1S/C28H22BrN3O/c1-18(19-13-15-23(29)16-14-19)30-28(33)22-11-9-21(10-12-22)26-17-27(32-31-26)25-8-4-6-20-5-2-3-7-24(20)25/h2-18H,1H3,(H,30,33)(H,31,32)/t18-/m1/s1.